The van der Waals surface area contributed by atoms with Gasteiger partial charge in [0.15, 0.2) is 0 Å². The summed E-state index contributed by atoms with van der Waals surface area (Å²) in [6.45, 7) is 7.47. The number of hydrogen-bond acceptors (Lipinski definition) is 1. The van der Waals surface area contributed by atoms with Crippen LogP contribution in [0.25, 0.3) is 0 Å². The Morgan fingerprint density at radius 1 is 1.50 bits per heavy atom. The highest BCUT2D eigenvalue weighted by Gasteiger charge is 2.13. The average Bonchev–Trinajstić information content (AvgIpc) is 2.61. The largest absolute Gasteiger partial charge is 0.273 e. The van der Waals surface area contributed by atoms with Gasteiger partial charge in [-0.05, 0) is 30.7 Å². The summed E-state index contributed by atoms with van der Waals surface area (Å²) in [4.78, 5) is 0. The standard InChI is InChI=1S/C11H19ClN2/c1-4-14-8-10(7-13-14)5-11(6-12)9(2)3/h7-9,11H,4-6H2,1-3H3. The smallest absolute Gasteiger partial charge is 0.0521 e. The molecule has 2 nitrogen and oxygen atoms in total. The van der Waals surface area contributed by atoms with Crippen molar-refractivity contribution < 1.29 is 0 Å². The maximum absolute atomic E-state index is 5.93. The Balaban J connectivity index is 2.57. The Kier molecular flexibility index (Phi) is 4.46. The summed E-state index contributed by atoms with van der Waals surface area (Å²) in [6, 6.07) is 0. The van der Waals surface area contributed by atoms with Crippen molar-refractivity contribution in [3.63, 3.8) is 0 Å². The molecule has 0 spiro atoms. The molecule has 0 aliphatic rings. The maximum Gasteiger partial charge on any atom is 0.0521 e. The number of rotatable bonds is 5. The Morgan fingerprint density at radius 2 is 2.21 bits per heavy atom. The van der Waals surface area contributed by atoms with Gasteiger partial charge in [0.25, 0.3) is 0 Å². The molecular weight excluding hydrogens is 196 g/mol. The highest BCUT2D eigenvalue weighted by molar-refractivity contribution is 6.18. The lowest BCUT2D eigenvalue weighted by molar-refractivity contribution is 0.422. The van der Waals surface area contributed by atoms with E-state index in [4.69, 9.17) is 11.6 Å². The number of aromatic nitrogens is 2. The average molecular weight is 215 g/mol. The van der Waals surface area contributed by atoms with Crippen molar-refractivity contribution in [3.05, 3.63) is 18.0 Å². The van der Waals surface area contributed by atoms with Gasteiger partial charge in [-0.2, -0.15) is 5.10 Å². The van der Waals surface area contributed by atoms with Crippen molar-refractivity contribution in [3.8, 4) is 0 Å². The van der Waals surface area contributed by atoms with Crippen molar-refractivity contribution >= 4 is 11.6 Å². The summed E-state index contributed by atoms with van der Waals surface area (Å²) in [6.07, 6.45) is 5.11. The molecule has 0 aliphatic carbocycles. The molecule has 14 heavy (non-hydrogen) atoms. The SMILES string of the molecule is CCn1cc(CC(CCl)C(C)C)cn1. The van der Waals surface area contributed by atoms with Gasteiger partial charge in [-0.1, -0.05) is 13.8 Å². The summed E-state index contributed by atoms with van der Waals surface area (Å²) in [5, 5.41) is 4.25. The van der Waals surface area contributed by atoms with E-state index < -0.39 is 0 Å². The second kappa shape index (κ2) is 5.40. The Labute approximate surface area is 91.3 Å². The van der Waals surface area contributed by atoms with Crippen LogP contribution in [0.1, 0.15) is 26.3 Å². The van der Waals surface area contributed by atoms with E-state index in [0.717, 1.165) is 18.8 Å². The number of hydrogen-bond donors (Lipinski definition) is 0. The summed E-state index contributed by atoms with van der Waals surface area (Å²) in [5.41, 5.74) is 1.30. The zero-order valence-electron chi connectivity index (χ0n) is 9.20. The molecule has 3 heteroatoms. The first-order valence-electron chi connectivity index (χ1n) is 5.24. The van der Waals surface area contributed by atoms with Gasteiger partial charge in [0, 0.05) is 18.6 Å². The van der Waals surface area contributed by atoms with E-state index in [-0.39, 0.29) is 0 Å². The minimum Gasteiger partial charge on any atom is -0.273 e. The van der Waals surface area contributed by atoms with E-state index >= 15 is 0 Å². The van der Waals surface area contributed by atoms with E-state index in [1.54, 1.807) is 0 Å². The molecule has 80 valence electrons. The van der Waals surface area contributed by atoms with Crippen LogP contribution in [0.4, 0.5) is 0 Å². The highest BCUT2D eigenvalue weighted by atomic mass is 35.5. The molecule has 0 bridgehead atoms. The van der Waals surface area contributed by atoms with Crippen LogP contribution in [-0.4, -0.2) is 15.7 Å². The van der Waals surface area contributed by atoms with Crippen molar-refractivity contribution in [1.82, 2.24) is 9.78 Å². The third-order valence-corrected chi connectivity index (χ3v) is 3.05. The number of aryl methyl sites for hydroxylation is 1. The zero-order chi connectivity index (χ0) is 10.6. The van der Waals surface area contributed by atoms with Crippen LogP contribution in [0.15, 0.2) is 12.4 Å². The van der Waals surface area contributed by atoms with Crippen molar-refractivity contribution in [2.24, 2.45) is 11.8 Å². The molecule has 1 atom stereocenters. The summed E-state index contributed by atoms with van der Waals surface area (Å²) >= 11 is 5.93. The molecule has 1 heterocycles. The van der Waals surface area contributed by atoms with E-state index in [9.17, 15) is 0 Å². The van der Waals surface area contributed by atoms with Gasteiger partial charge in [0.2, 0.25) is 0 Å². The maximum atomic E-state index is 5.93. The van der Waals surface area contributed by atoms with E-state index in [1.165, 1.54) is 5.56 Å². The van der Waals surface area contributed by atoms with E-state index in [1.807, 2.05) is 10.9 Å². The Morgan fingerprint density at radius 3 is 2.64 bits per heavy atom. The van der Waals surface area contributed by atoms with Gasteiger partial charge in [-0.25, -0.2) is 0 Å². The molecule has 1 aromatic rings. The van der Waals surface area contributed by atoms with Crippen molar-refractivity contribution in [2.45, 2.75) is 33.7 Å². The molecular formula is C11H19ClN2. The zero-order valence-corrected chi connectivity index (χ0v) is 9.96. The van der Waals surface area contributed by atoms with Crippen LogP contribution in [-0.2, 0) is 13.0 Å². The van der Waals surface area contributed by atoms with Gasteiger partial charge < -0.3 is 0 Å². The van der Waals surface area contributed by atoms with Crippen LogP contribution in [0.5, 0.6) is 0 Å². The predicted molar refractivity (Wildman–Crippen MR) is 60.7 cm³/mol. The summed E-state index contributed by atoms with van der Waals surface area (Å²) < 4.78 is 1.96. The first-order valence-corrected chi connectivity index (χ1v) is 5.78. The van der Waals surface area contributed by atoms with Crippen LogP contribution in [0.3, 0.4) is 0 Å². The molecule has 1 unspecified atom stereocenters. The number of nitrogens with zero attached hydrogens (tertiary/aromatic N) is 2. The predicted octanol–water partition coefficient (Wildman–Crippen LogP) is 2.96. The van der Waals surface area contributed by atoms with Gasteiger partial charge in [-0.15, -0.1) is 11.6 Å². The van der Waals surface area contributed by atoms with Crippen LogP contribution < -0.4 is 0 Å². The topological polar surface area (TPSA) is 17.8 Å². The van der Waals surface area contributed by atoms with Gasteiger partial charge in [-0.3, -0.25) is 4.68 Å². The highest BCUT2D eigenvalue weighted by Crippen LogP contribution is 2.18. The molecule has 1 aromatic heterocycles. The number of alkyl halides is 1. The fourth-order valence-corrected chi connectivity index (χ4v) is 1.92. The lowest BCUT2D eigenvalue weighted by Crippen LogP contribution is -2.13. The van der Waals surface area contributed by atoms with Crippen LogP contribution in [0.2, 0.25) is 0 Å². The molecule has 0 aromatic carbocycles. The summed E-state index contributed by atoms with van der Waals surface area (Å²) in [7, 11) is 0. The molecule has 0 N–H and O–H groups in total. The first-order chi connectivity index (χ1) is 6.67. The van der Waals surface area contributed by atoms with Gasteiger partial charge >= 0.3 is 0 Å². The van der Waals surface area contributed by atoms with E-state index in [0.29, 0.717) is 11.8 Å². The molecule has 0 aliphatic heterocycles. The molecule has 0 fully saturated rings. The quantitative estimate of drug-likeness (QED) is 0.690. The van der Waals surface area contributed by atoms with E-state index in [2.05, 4.69) is 32.1 Å². The first kappa shape index (κ1) is 11.6. The molecule has 0 radical (unpaired) electrons. The van der Waals surface area contributed by atoms with Gasteiger partial charge in [0.05, 0.1) is 6.20 Å². The monoisotopic (exact) mass is 214 g/mol. The second-order valence-electron chi connectivity index (χ2n) is 4.07. The fraction of sp³-hybridized carbons (Fsp3) is 0.727. The second-order valence-corrected chi connectivity index (χ2v) is 4.38. The van der Waals surface area contributed by atoms with Crippen molar-refractivity contribution in [2.75, 3.05) is 5.88 Å². The molecule has 1 rings (SSSR count). The van der Waals surface area contributed by atoms with Crippen molar-refractivity contribution in [1.29, 1.82) is 0 Å². The fourth-order valence-electron chi connectivity index (χ4n) is 1.46. The van der Waals surface area contributed by atoms with Crippen LogP contribution in [0, 0.1) is 11.8 Å². The Bertz CT molecular complexity index is 268. The molecule has 0 saturated heterocycles. The Hall–Kier alpha value is -0.500. The molecule has 0 amide bonds. The lowest BCUT2D eigenvalue weighted by atomic mass is 9.92. The molecule has 0 saturated carbocycles. The van der Waals surface area contributed by atoms with Gasteiger partial charge in [0.1, 0.15) is 0 Å². The van der Waals surface area contributed by atoms with Crippen LogP contribution >= 0.6 is 11.6 Å². The minimum absolute atomic E-state index is 0.561. The third kappa shape index (κ3) is 3.02. The minimum atomic E-state index is 0.561. The number of halogens is 1. The lowest BCUT2D eigenvalue weighted by Gasteiger charge is -2.16. The third-order valence-electron chi connectivity index (χ3n) is 2.65. The normalized spacial score (nSPS) is 13.5. The summed E-state index contributed by atoms with van der Waals surface area (Å²) in [5.74, 6) is 1.93.